The third kappa shape index (κ3) is 12.1. The first-order valence-electron chi connectivity index (χ1n) is 19.0. The molecule has 302 valence electrons. The number of rotatable bonds is 10. The van der Waals surface area contributed by atoms with Gasteiger partial charge in [0, 0.05) is 44.0 Å². The lowest BCUT2D eigenvalue weighted by atomic mass is 10.0. The maximum atomic E-state index is 14.9. The van der Waals surface area contributed by atoms with Crippen LogP contribution < -0.4 is 15.4 Å². The summed E-state index contributed by atoms with van der Waals surface area (Å²) in [6.45, 7) is 17.5. The van der Waals surface area contributed by atoms with Gasteiger partial charge in [-0.05, 0) is 106 Å². The molecule has 1 aliphatic rings. The van der Waals surface area contributed by atoms with Crippen LogP contribution in [0.5, 0.6) is 5.75 Å². The zero-order chi connectivity index (χ0) is 40.6. The minimum Gasteiger partial charge on any atom is -0.490 e. The number of anilines is 2. The van der Waals surface area contributed by atoms with Gasteiger partial charge in [0.05, 0.1) is 35.3 Å². The molecule has 0 saturated carbocycles. The molecule has 3 aromatic carbocycles. The Bertz CT molecular complexity index is 1840. The maximum absolute atomic E-state index is 14.9. The quantitative estimate of drug-likeness (QED) is 0.197. The summed E-state index contributed by atoms with van der Waals surface area (Å²) >= 11 is 0. The largest absolute Gasteiger partial charge is 0.490 e. The van der Waals surface area contributed by atoms with Crippen molar-refractivity contribution in [2.75, 3.05) is 44.0 Å². The van der Waals surface area contributed by atoms with Crippen molar-refractivity contribution in [2.24, 2.45) is 5.92 Å². The van der Waals surface area contributed by atoms with Gasteiger partial charge in [0.2, 0.25) is 10.0 Å². The monoisotopic (exact) mass is 798 g/mol. The van der Waals surface area contributed by atoms with Crippen LogP contribution in [-0.4, -0.2) is 89.5 Å². The van der Waals surface area contributed by atoms with E-state index in [4.69, 9.17) is 13.9 Å². The fraction of sp³-hybridized carbons (Fsp3) is 0.512. The smallest absolute Gasteiger partial charge is 0.323 e. The Hall–Kier alpha value is -3.82. The second-order valence-electron chi connectivity index (χ2n) is 16.1. The van der Waals surface area contributed by atoms with E-state index >= 15 is 0 Å². The van der Waals surface area contributed by atoms with Crippen LogP contribution in [0.2, 0.25) is 18.1 Å². The van der Waals surface area contributed by atoms with Gasteiger partial charge < -0.3 is 29.4 Å². The fourth-order valence-electron chi connectivity index (χ4n) is 5.95. The maximum Gasteiger partial charge on any atom is 0.323 e. The Morgan fingerprint density at radius 2 is 1.67 bits per heavy atom. The van der Waals surface area contributed by atoms with E-state index in [2.05, 4.69) is 44.5 Å². The van der Waals surface area contributed by atoms with Gasteiger partial charge in [-0.1, -0.05) is 45.9 Å². The first-order chi connectivity index (χ1) is 25.8. The number of nitrogens with zero attached hydrogens (tertiary/aromatic N) is 2. The van der Waals surface area contributed by atoms with E-state index in [0.717, 1.165) is 25.0 Å². The number of benzene rings is 3. The third-order valence-electron chi connectivity index (χ3n) is 10.5. The number of carbonyl (C=O) groups is 2. The van der Waals surface area contributed by atoms with Crippen molar-refractivity contribution < 1.29 is 36.3 Å². The molecular weight excluding hydrogens is 740 g/mol. The van der Waals surface area contributed by atoms with Crippen LogP contribution in [0.25, 0.3) is 0 Å². The summed E-state index contributed by atoms with van der Waals surface area (Å²) < 4.78 is 61.5. The third-order valence-corrected chi connectivity index (χ3v) is 16.9. The summed E-state index contributed by atoms with van der Waals surface area (Å²) in [7, 11) is -4.69. The van der Waals surface area contributed by atoms with Crippen molar-refractivity contribution in [3.05, 3.63) is 84.2 Å². The van der Waals surface area contributed by atoms with Crippen LogP contribution in [0.15, 0.2) is 77.7 Å². The van der Waals surface area contributed by atoms with Gasteiger partial charge in [0.15, 0.2) is 8.32 Å². The molecule has 0 spiro atoms. The van der Waals surface area contributed by atoms with Crippen molar-refractivity contribution in [1.29, 1.82) is 0 Å². The predicted octanol–water partition coefficient (Wildman–Crippen LogP) is 8.62. The van der Waals surface area contributed by atoms with E-state index in [1.165, 1.54) is 23.5 Å². The average Bonchev–Trinajstić information content (AvgIpc) is 3.12. The number of sulfonamides is 1. The number of hydrogen-bond acceptors (Lipinski definition) is 7. The molecule has 0 aliphatic carbocycles. The molecule has 1 aliphatic heterocycles. The standard InChI is InChI=1S/C41H59FN4O7SSi/c1-29-26-46(30(2)28-52-55(8,9)41(4,5)6)39(47)36-25-34(44-40(48)43-33-16-11-10-12-17-33)20-23-37(36)53-31(3)15-13-14-24-51-38(29)27-45(7)54(49,50)35-21-18-32(42)19-22-35/h10-12,16-23,25,29-31,38H,13-15,24,26-28H2,1-9H3,(H2,43,44,48)/t29-,30-,31+,38+/m1/s1. The SMILES string of the molecule is C[C@@H]1CN([C@H](C)CO[Si](C)(C)C(C)(C)C)C(=O)c2cc(NC(=O)Nc3ccccc3)ccc2O[C@@H](C)CCCCO[C@H]1CN(C)S(=O)(=O)c1ccc(F)cc1. The zero-order valence-corrected chi connectivity index (χ0v) is 35.5. The van der Waals surface area contributed by atoms with Crippen molar-refractivity contribution in [1.82, 2.24) is 9.21 Å². The van der Waals surface area contributed by atoms with Gasteiger partial charge in [-0.3, -0.25) is 4.79 Å². The van der Waals surface area contributed by atoms with Gasteiger partial charge in [0.1, 0.15) is 11.6 Å². The molecular formula is C41H59FN4O7SSi. The molecule has 55 heavy (non-hydrogen) atoms. The van der Waals surface area contributed by atoms with E-state index in [0.29, 0.717) is 30.2 Å². The Morgan fingerprint density at radius 3 is 2.33 bits per heavy atom. The predicted molar refractivity (Wildman–Crippen MR) is 218 cm³/mol. The number of hydrogen-bond donors (Lipinski definition) is 2. The Kier molecular flexibility index (Phi) is 15.1. The molecule has 11 nitrogen and oxygen atoms in total. The van der Waals surface area contributed by atoms with Crippen LogP contribution in [0.1, 0.15) is 71.2 Å². The molecule has 3 aromatic rings. The molecule has 0 bridgehead atoms. The minimum atomic E-state index is -3.97. The van der Waals surface area contributed by atoms with Crippen molar-refractivity contribution >= 4 is 41.7 Å². The number of carbonyl (C=O) groups excluding carboxylic acids is 2. The topological polar surface area (TPSA) is 127 Å². The molecule has 3 amide bonds. The lowest BCUT2D eigenvalue weighted by Gasteiger charge is -2.40. The first-order valence-corrected chi connectivity index (χ1v) is 23.4. The normalized spacial score (nSPS) is 19.9. The number of likely N-dealkylation sites (N-methyl/N-ethyl adjacent to an activating group) is 1. The molecule has 0 fully saturated rings. The summed E-state index contributed by atoms with van der Waals surface area (Å²) in [6, 6.07) is 18.0. The Balaban J connectivity index is 1.71. The number of nitrogens with one attached hydrogen (secondary N) is 2. The van der Waals surface area contributed by atoms with E-state index in [1.807, 2.05) is 39.0 Å². The molecule has 1 heterocycles. The highest BCUT2D eigenvalue weighted by Crippen LogP contribution is 2.37. The number of fused-ring (bicyclic) bond motifs is 1. The molecule has 0 aromatic heterocycles. The fourth-order valence-corrected chi connectivity index (χ4v) is 8.23. The van der Waals surface area contributed by atoms with Gasteiger partial charge in [-0.25, -0.2) is 17.6 Å². The first kappa shape index (κ1) is 43.9. The van der Waals surface area contributed by atoms with Gasteiger partial charge >= 0.3 is 6.03 Å². The summed E-state index contributed by atoms with van der Waals surface area (Å²) in [5.74, 6) is -0.790. The Labute approximate surface area is 328 Å². The van der Waals surface area contributed by atoms with Gasteiger partial charge in [-0.15, -0.1) is 0 Å². The van der Waals surface area contributed by atoms with Gasteiger partial charge in [-0.2, -0.15) is 4.31 Å². The summed E-state index contributed by atoms with van der Waals surface area (Å²) in [5, 5.41) is 5.61. The summed E-state index contributed by atoms with van der Waals surface area (Å²) in [6.07, 6.45) is 1.37. The number of urea groups is 1. The van der Waals surface area contributed by atoms with Crippen LogP contribution in [-0.2, 0) is 19.2 Å². The summed E-state index contributed by atoms with van der Waals surface area (Å²) in [5.41, 5.74) is 1.31. The molecule has 0 radical (unpaired) electrons. The highest BCUT2D eigenvalue weighted by molar-refractivity contribution is 7.89. The molecule has 4 atom stereocenters. The van der Waals surface area contributed by atoms with Crippen LogP contribution >= 0.6 is 0 Å². The molecule has 14 heteroatoms. The summed E-state index contributed by atoms with van der Waals surface area (Å²) in [4.78, 5) is 29.7. The number of para-hydroxylation sites is 1. The van der Waals surface area contributed by atoms with E-state index in [9.17, 15) is 22.4 Å². The highest BCUT2D eigenvalue weighted by Gasteiger charge is 2.39. The second kappa shape index (κ2) is 18.9. The van der Waals surface area contributed by atoms with Crippen LogP contribution in [0.4, 0.5) is 20.6 Å². The highest BCUT2D eigenvalue weighted by atomic mass is 32.2. The van der Waals surface area contributed by atoms with Crippen molar-refractivity contribution in [2.45, 2.75) is 102 Å². The van der Waals surface area contributed by atoms with E-state index in [-0.39, 0.29) is 53.1 Å². The number of amides is 3. The van der Waals surface area contributed by atoms with Crippen molar-refractivity contribution in [3.8, 4) is 5.75 Å². The van der Waals surface area contributed by atoms with Crippen LogP contribution in [0, 0.1) is 11.7 Å². The van der Waals surface area contributed by atoms with Gasteiger partial charge in [0.25, 0.3) is 5.91 Å². The second-order valence-corrected chi connectivity index (χ2v) is 22.9. The minimum absolute atomic E-state index is 0.0124. The van der Waals surface area contributed by atoms with E-state index < -0.39 is 42.3 Å². The molecule has 0 saturated heterocycles. The molecule has 4 rings (SSSR count). The Morgan fingerprint density at radius 1 is 1.02 bits per heavy atom. The zero-order valence-electron chi connectivity index (χ0n) is 33.7. The lowest BCUT2D eigenvalue weighted by molar-refractivity contribution is -0.00806. The van der Waals surface area contributed by atoms with Crippen molar-refractivity contribution in [3.63, 3.8) is 0 Å². The molecule has 0 unspecified atom stereocenters. The molecule has 2 N–H and O–H groups in total. The van der Waals surface area contributed by atoms with E-state index in [1.54, 1.807) is 35.2 Å². The number of ether oxygens (including phenoxy) is 2. The number of halogens is 1. The van der Waals surface area contributed by atoms with Crippen LogP contribution in [0.3, 0.4) is 0 Å². The lowest BCUT2D eigenvalue weighted by Crippen LogP contribution is -2.50. The average molecular weight is 799 g/mol.